The molecular formula is C20H42N4O. The summed E-state index contributed by atoms with van der Waals surface area (Å²) in [5.74, 6) is -0.0506. The molecule has 0 saturated carbocycles. The molecule has 25 heavy (non-hydrogen) atoms. The van der Waals surface area contributed by atoms with Gasteiger partial charge in [0.25, 0.3) is 0 Å². The maximum absolute atomic E-state index is 11.5. The van der Waals surface area contributed by atoms with E-state index in [-0.39, 0.29) is 5.91 Å². The Morgan fingerprint density at radius 3 is 1.68 bits per heavy atom. The fraction of sp³-hybridized carbons (Fsp3) is 0.950. The Labute approximate surface area is 156 Å². The van der Waals surface area contributed by atoms with Gasteiger partial charge in [-0.15, -0.1) is 0 Å². The van der Waals surface area contributed by atoms with Crippen LogP contribution in [0.2, 0.25) is 0 Å². The summed E-state index contributed by atoms with van der Waals surface area (Å²) in [6.07, 6.45) is 16.7. The normalized spacial score (nSPS) is 11.2. The molecule has 0 rings (SSSR count). The van der Waals surface area contributed by atoms with E-state index in [1.165, 1.54) is 64.2 Å². The number of hydrogen-bond donors (Lipinski definition) is 1. The molecule has 0 aliphatic heterocycles. The SMILES string of the molecule is CCCCCCCCN(CCCCCCCC)N=NNC(=O)CCC. The van der Waals surface area contributed by atoms with Gasteiger partial charge in [-0.3, -0.25) is 9.80 Å². The zero-order chi connectivity index (χ0) is 18.6. The number of hydrogen-bond acceptors (Lipinski definition) is 3. The van der Waals surface area contributed by atoms with Crippen LogP contribution in [0.3, 0.4) is 0 Å². The Morgan fingerprint density at radius 1 is 0.720 bits per heavy atom. The van der Waals surface area contributed by atoms with Crippen molar-refractivity contribution >= 4 is 5.91 Å². The van der Waals surface area contributed by atoms with Crippen LogP contribution in [0.4, 0.5) is 0 Å². The molecule has 0 radical (unpaired) electrons. The summed E-state index contributed by atoms with van der Waals surface area (Å²) in [6.45, 7) is 8.35. The van der Waals surface area contributed by atoms with Crippen molar-refractivity contribution in [2.45, 2.75) is 111 Å². The van der Waals surface area contributed by atoms with Crippen LogP contribution in [0.1, 0.15) is 111 Å². The van der Waals surface area contributed by atoms with Gasteiger partial charge in [-0.05, 0) is 24.5 Å². The first kappa shape index (κ1) is 23.9. The van der Waals surface area contributed by atoms with Crippen LogP contribution in [0, 0.1) is 0 Å². The topological polar surface area (TPSA) is 57.1 Å². The molecule has 0 aromatic carbocycles. The quantitative estimate of drug-likeness (QED) is 0.181. The zero-order valence-corrected chi connectivity index (χ0v) is 17.1. The first-order valence-corrected chi connectivity index (χ1v) is 10.7. The summed E-state index contributed by atoms with van der Waals surface area (Å²) in [5, 5.41) is 10.2. The fourth-order valence-electron chi connectivity index (χ4n) is 2.77. The number of carbonyl (C=O) groups is 1. The first-order chi connectivity index (χ1) is 12.2. The molecule has 5 heteroatoms. The van der Waals surface area contributed by atoms with Crippen LogP contribution < -0.4 is 5.43 Å². The standard InChI is InChI=1S/C20H42N4O/c1-4-7-9-11-13-15-18-24(19-16-14-12-10-8-5-2)23-22-21-20(25)17-6-3/h4-19H2,1-3H3,(H,21,23,25). The van der Waals surface area contributed by atoms with Gasteiger partial charge in [0.15, 0.2) is 0 Å². The largest absolute Gasteiger partial charge is 0.277 e. The predicted octanol–water partition coefficient (Wildman–Crippen LogP) is 6.21. The minimum atomic E-state index is -0.0506. The first-order valence-electron chi connectivity index (χ1n) is 10.7. The third kappa shape index (κ3) is 17.5. The van der Waals surface area contributed by atoms with E-state index < -0.39 is 0 Å². The molecule has 0 fully saturated rings. The number of rotatable bonds is 18. The Bertz CT molecular complexity index is 305. The second-order valence-electron chi connectivity index (χ2n) is 6.96. The van der Waals surface area contributed by atoms with Crippen molar-refractivity contribution in [1.29, 1.82) is 0 Å². The molecule has 0 heterocycles. The van der Waals surface area contributed by atoms with Crippen molar-refractivity contribution < 1.29 is 4.79 Å². The van der Waals surface area contributed by atoms with E-state index in [1.54, 1.807) is 0 Å². The molecule has 0 aromatic rings. The van der Waals surface area contributed by atoms with Gasteiger partial charge in [0.2, 0.25) is 5.91 Å². The average molecular weight is 355 g/mol. The Balaban J connectivity index is 4.03. The summed E-state index contributed by atoms with van der Waals surface area (Å²) in [4.78, 5) is 11.5. The van der Waals surface area contributed by atoms with E-state index in [4.69, 9.17) is 0 Å². The second-order valence-corrected chi connectivity index (χ2v) is 6.96. The summed E-state index contributed by atoms with van der Waals surface area (Å²) >= 11 is 0. The van der Waals surface area contributed by atoms with Crippen molar-refractivity contribution in [2.24, 2.45) is 10.4 Å². The van der Waals surface area contributed by atoms with Gasteiger partial charge < -0.3 is 0 Å². The molecule has 0 spiro atoms. The maximum Gasteiger partial charge on any atom is 0.241 e. The van der Waals surface area contributed by atoms with Gasteiger partial charge in [0.05, 0.1) is 0 Å². The number of nitrogens with zero attached hydrogens (tertiary/aromatic N) is 3. The summed E-state index contributed by atoms with van der Waals surface area (Å²) in [5.41, 5.74) is 2.53. The van der Waals surface area contributed by atoms with Crippen LogP contribution in [0.25, 0.3) is 0 Å². The van der Waals surface area contributed by atoms with Gasteiger partial charge >= 0.3 is 0 Å². The van der Waals surface area contributed by atoms with Crippen LogP contribution in [0.15, 0.2) is 10.4 Å². The molecule has 148 valence electrons. The molecule has 1 N–H and O–H groups in total. The van der Waals surface area contributed by atoms with E-state index in [2.05, 4.69) is 29.7 Å². The van der Waals surface area contributed by atoms with Gasteiger partial charge in [0.1, 0.15) is 0 Å². The van der Waals surface area contributed by atoms with E-state index in [0.717, 1.165) is 32.4 Å². The van der Waals surface area contributed by atoms with Crippen molar-refractivity contribution in [3.8, 4) is 0 Å². The molecule has 5 nitrogen and oxygen atoms in total. The van der Waals surface area contributed by atoms with Crippen molar-refractivity contribution in [3.63, 3.8) is 0 Å². The molecule has 1 amide bonds. The number of unbranched alkanes of at least 4 members (excludes halogenated alkanes) is 10. The minimum absolute atomic E-state index is 0.0506. The lowest BCUT2D eigenvalue weighted by Gasteiger charge is -2.17. The monoisotopic (exact) mass is 354 g/mol. The van der Waals surface area contributed by atoms with Crippen LogP contribution >= 0.6 is 0 Å². The third-order valence-electron chi connectivity index (χ3n) is 4.36. The zero-order valence-electron chi connectivity index (χ0n) is 17.1. The summed E-state index contributed by atoms with van der Waals surface area (Å²) < 4.78 is 0. The summed E-state index contributed by atoms with van der Waals surface area (Å²) in [7, 11) is 0. The minimum Gasteiger partial charge on any atom is -0.277 e. The third-order valence-corrected chi connectivity index (χ3v) is 4.36. The van der Waals surface area contributed by atoms with E-state index in [0.29, 0.717) is 6.42 Å². The van der Waals surface area contributed by atoms with Gasteiger partial charge in [-0.2, -0.15) is 0 Å². The fourth-order valence-corrected chi connectivity index (χ4v) is 2.77. The van der Waals surface area contributed by atoms with Crippen molar-refractivity contribution in [3.05, 3.63) is 0 Å². The molecule has 0 saturated heterocycles. The lowest BCUT2D eigenvalue weighted by atomic mass is 10.1. The van der Waals surface area contributed by atoms with Gasteiger partial charge in [-0.1, -0.05) is 90.2 Å². The van der Waals surface area contributed by atoms with Crippen LogP contribution in [0.5, 0.6) is 0 Å². The number of nitrogens with one attached hydrogen (secondary N) is 1. The molecule has 0 bridgehead atoms. The highest BCUT2D eigenvalue weighted by molar-refractivity contribution is 5.75. The van der Waals surface area contributed by atoms with Crippen molar-refractivity contribution in [2.75, 3.05) is 13.1 Å². The highest BCUT2D eigenvalue weighted by Gasteiger charge is 2.03. The molecule has 0 aliphatic rings. The number of carbonyl (C=O) groups excluding carboxylic acids is 1. The second kappa shape index (κ2) is 19.2. The highest BCUT2D eigenvalue weighted by atomic mass is 16.2. The Morgan fingerprint density at radius 2 is 1.20 bits per heavy atom. The van der Waals surface area contributed by atoms with Crippen LogP contribution in [-0.2, 0) is 4.79 Å². The number of amides is 1. The molecule has 0 unspecified atom stereocenters. The smallest absolute Gasteiger partial charge is 0.241 e. The highest BCUT2D eigenvalue weighted by Crippen LogP contribution is 2.09. The van der Waals surface area contributed by atoms with E-state index >= 15 is 0 Å². The Hall–Kier alpha value is -1.13. The predicted molar refractivity (Wildman–Crippen MR) is 106 cm³/mol. The lowest BCUT2D eigenvalue weighted by molar-refractivity contribution is -0.121. The maximum atomic E-state index is 11.5. The van der Waals surface area contributed by atoms with Gasteiger partial charge in [0, 0.05) is 19.5 Å². The molecule has 0 aromatic heterocycles. The van der Waals surface area contributed by atoms with E-state index in [1.807, 2.05) is 11.9 Å². The molecular weight excluding hydrogens is 312 g/mol. The van der Waals surface area contributed by atoms with Crippen molar-refractivity contribution in [1.82, 2.24) is 10.4 Å². The van der Waals surface area contributed by atoms with E-state index in [9.17, 15) is 4.79 Å². The molecule has 0 aliphatic carbocycles. The lowest BCUT2D eigenvalue weighted by Crippen LogP contribution is -2.22. The Kier molecular flexibility index (Phi) is 18.3. The van der Waals surface area contributed by atoms with Gasteiger partial charge in [-0.25, -0.2) is 5.43 Å². The summed E-state index contributed by atoms with van der Waals surface area (Å²) in [6, 6.07) is 0. The average Bonchev–Trinajstić information content (AvgIpc) is 2.60. The van der Waals surface area contributed by atoms with Crippen LogP contribution in [-0.4, -0.2) is 24.0 Å². The molecule has 0 atom stereocenters.